The van der Waals surface area contributed by atoms with Gasteiger partial charge >= 0.3 is 0 Å². The number of nitrogens with one attached hydrogen (secondary N) is 1. The predicted octanol–water partition coefficient (Wildman–Crippen LogP) is 3.58. The zero-order valence-electron chi connectivity index (χ0n) is 11.9. The van der Waals surface area contributed by atoms with Gasteiger partial charge in [-0.25, -0.2) is 0 Å². The van der Waals surface area contributed by atoms with Crippen LogP contribution in [0.4, 0.5) is 0 Å². The van der Waals surface area contributed by atoms with Crippen LogP contribution >= 0.6 is 0 Å². The number of hydrogen-bond acceptors (Lipinski definition) is 3. The lowest BCUT2D eigenvalue weighted by molar-refractivity contribution is 0.384. The van der Waals surface area contributed by atoms with Crippen LogP contribution in [0, 0.1) is 5.92 Å². The number of para-hydroxylation sites is 1. The van der Waals surface area contributed by atoms with Gasteiger partial charge in [-0.1, -0.05) is 56.3 Å². The van der Waals surface area contributed by atoms with Crippen molar-refractivity contribution < 1.29 is 10.2 Å². The van der Waals surface area contributed by atoms with Crippen molar-refractivity contribution in [3.63, 3.8) is 0 Å². The minimum Gasteiger partial charge on any atom is -0.504 e. The highest BCUT2D eigenvalue weighted by molar-refractivity contribution is 5.44. The Hall–Kier alpha value is -2.00. The summed E-state index contributed by atoms with van der Waals surface area (Å²) in [6.07, 6.45) is 0. The molecule has 0 spiro atoms. The molecule has 0 aliphatic rings. The Morgan fingerprint density at radius 1 is 0.950 bits per heavy atom. The van der Waals surface area contributed by atoms with E-state index in [-0.39, 0.29) is 17.5 Å². The molecule has 1 atom stereocenters. The van der Waals surface area contributed by atoms with Crippen LogP contribution in [-0.4, -0.2) is 10.2 Å². The molecule has 0 aliphatic heterocycles. The number of phenols is 2. The highest BCUT2D eigenvalue weighted by atomic mass is 16.3. The summed E-state index contributed by atoms with van der Waals surface area (Å²) in [4.78, 5) is 0. The summed E-state index contributed by atoms with van der Waals surface area (Å²) in [6, 6.07) is 15.5. The maximum atomic E-state index is 9.83. The van der Waals surface area contributed by atoms with Crippen molar-refractivity contribution in [2.45, 2.75) is 26.4 Å². The minimum absolute atomic E-state index is 0.0458. The molecule has 3 N–H and O–H groups in total. The van der Waals surface area contributed by atoms with Gasteiger partial charge in [-0.2, -0.15) is 0 Å². The Kier molecular flexibility index (Phi) is 4.64. The second-order valence-electron chi connectivity index (χ2n) is 5.30. The van der Waals surface area contributed by atoms with Gasteiger partial charge in [0.25, 0.3) is 0 Å². The molecular weight excluding hydrogens is 250 g/mol. The van der Waals surface area contributed by atoms with Gasteiger partial charge in [-0.05, 0) is 17.5 Å². The van der Waals surface area contributed by atoms with Gasteiger partial charge in [0.2, 0.25) is 0 Å². The van der Waals surface area contributed by atoms with E-state index in [2.05, 4.69) is 31.3 Å². The van der Waals surface area contributed by atoms with Crippen molar-refractivity contribution >= 4 is 0 Å². The zero-order chi connectivity index (χ0) is 14.5. The molecule has 0 heterocycles. The van der Waals surface area contributed by atoms with Crippen molar-refractivity contribution in [2.24, 2.45) is 5.92 Å². The van der Waals surface area contributed by atoms with Gasteiger partial charge in [-0.3, -0.25) is 0 Å². The molecule has 0 aromatic heterocycles. The van der Waals surface area contributed by atoms with Crippen molar-refractivity contribution in [1.29, 1.82) is 0 Å². The summed E-state index contributed by atoms with van der Waals surface area (Å²) in [5.41, 5.74) is 1.92. The second-order valence-corrected chi connectivity index (χ2v) is 5.30. The summed E-state index contributed by atoms with van der Waals surface area (Å²) in [5, 5.41) is 22.8. The first-order valence-electron chi connectivity index (χ1n) is 6.87. The van der Waals surface area contributed by atoms with Crippen LogP contribution in [0.2, 0.25) is 0 Å². The molecule has 0 aliphatic carbocycles. The first-order chi connectivity index (χ1) is 9.59. The van der Waals surface area contributed by atoms with E-state index in [1.165, 1.54) is 11.6 Å². The average molecular weight is 271 g/mol. The van der Waals surface area contributed by atoms with Crippen LogP contribution in [0.5, 0.6) is 11.5 Å². The van der Waals surface area contributed by atoms with Crippen molar-refractivity contribution in [2.75, 3.05) is 0 Å². The van der Waals surface area contributed by atoms with Gasteiger partial charge in [0.05, 0.1) is 0 Å². The molecule has 2 aromatic carbocycles. The molecule has 0 radical (unpaired) electrons. The maximum Gasteiger partial charge on any atom is 0.161 e. The topological polar surface area (TPSA) is 52.5 Å². The van der Waals surface area contributed by atoms with Crippen LogP contribution in [0.15, 0.2) is 48.5 Å². The van der Waals surface area contributed by atoms with Crippen LogP contribution in [0.1, 0.15) is 31.0 Å². The third-order valence-corrected chi connectivity index (χ3v) is 3.44. The summed E-state index contributed by atoms with van der Waals surface area (Å²) in [6.45, 7) is 4.83. The molecule has 0 amide bonds. The summed E-state index contributed by atoms with van der Waals surface area (Å²) < 4.78 is 0. The first-order valence-corrected chi connectivity index (χ1v) is 6.87. The molecule has 0 saturated heterocycles. The van der Waals surface area contributed by atoms with Gasteiger partial charge in [0.15, 0.2) is 11.5 Å². The molecule has 106 valence electrons. The lowest BCUT2D eigenvalue weighted by atomic mass is 9.96. The van der Waals surface area contributed by atoms with Crippen molar-refractivity contribution in [1.82, 2.24) is 5.32 Å². The number of aromatic hydroxyl groups is 2. The number of phenolic OH excluding ortho intramolecular Hbond substituents is 2. The van der Waals surface area contributed by atoms with Crippen LogP contribution < -0.4 is 5.32 Å². The Morgan fingerprint density at radius 2 is 1.65 bits per heavy atom. The van der Waals surface area contributed by atoms with Gasteiger partial charge in [0, 0.05) is 18.2 Å². The molecule has 20 heavy (non-hydrogen) atoms. The Morgan fingerprint density at radius 3 is 2.30 bits per heavy atom. The van der Waals surface area contributed by atoms with Gasteiger partial charge in [-0.15, -0.1) is 0 Å². The lowest BCUT2D eigenvalue weighted by Gasteiger charge is -2.23. The summed E-state index contributed by atoms with van der Waals surface area (Å²) in [7, 11) is 0. The van der Waals surface area contributed by atoms with Crippen LogP contribution in [0.3, 0.4) is 0 Å². The molecule has 2 rings (SSSR count). The standard InChI is InChI=1S/C17H21NO2/c1-12(2)16(13-7-4-3-5-8-13)18-11-14-9-6-10-15(19)17(14)20/h3-10,12,16,18-20H,11H2,1-2H3. The van der Waals surface area contributed by atoms with E-state index >= 15 is 0 Å². The lowest BCUT2D eigenvalue weighted by Crippen LogP contribution is -2.25. The third kappa shape index (κ3) is 3.31. The van der Waals surface area contributed by atoms with E-state index in [1.807, 2.05) is 24.3 Å². The molecule has 0 fully saturated rings. The van der Waals surface area contributed by atoms with Gasteiger partial charge in [0.1, 0.15) is 0 Å². The molecule has 3 heteroatoms. The van der Waals surface area contributed by atoms with Crippen LogP contribution in [-0.2, 0) is 6.54 Å². The number of rotatable bonds is 5. The highest BCUT2D eigenvalue weighted by Crippen LogP contribution is 2.29. The minimum atomic E-state index is -0.0786. The smallest absolute Gasteiger partial charge is 0.161 e. The quantitative estimate of drug-likeness (QED) is 0.728. The van der Waals surface area contributed by atoms with Crippen molar-refractivity contribution in [3.8, 4) is 11.5 Å². The largest absolute Gasteiger partial charge is 0.504 e. The second kappa shape index (κ2) is 6.44. The molecular formula is C17H21NO2. The molecule has 0 saturated carbocycles. The van der Waals surface area contributed by atoms with Crippen molar-refractivity contribution in [3.05, 3.63) is 59.7 Å². The Labute approximate surface area is 119 Å². The molecule has 0 bridgehead atoms. The summed E-state index contributed by atoms with van der Waals surface area (Å²) >= 11 is 0. The van der Waals surface area contributed by atoms with Gasteiger partial charge < -0.3 is 15.5 Å². The SMILES string of the molecule is CC(C)C(NCc1cccc(O)c1O)c1ccccc1. The fourth-order valence-electron chi connectivity index (χ4n) is 2.34. The number of benzene rings is 2. The van der Waals surface area contributed by atoms with E-state index < -0.39 is 0 Å². The fraction of sp³-hybridized carbons (Fsp3) is 0.294. The highest BCUT2D eigenvalue weighted by Gasteiger charge is 2.16. The van der Waals surface area contributed by atoms with E-state index in [9.17, 15) is 10.2 Å². The van der Waals surface area contributed by atoms with E-state index in [4.69, 9.17) is 0 Å². The average Bonchev–Trinajstić information content (AvgIpc) is 2.44. The molecule has 1 unspecified atom stereocenters. The monoisotopic (exact) mass is 271 g/mol. The molecule has 2 aromatic rings. The Balaban J connectivity index is 2.12. The van der Waals surface area contributed by atoms with E-state index in [0.717, 1.165) is 0 Å². The van der Waals surface area contributed by atoms with Crippen LogP contribution in [0.25, 0.3) is 0 Å². The predicted molar refractivity (Wildman–Crippen MR) is 80.6 cm³/mol. The van der Waals surface area contributed by atoms with E-state index in [0.29, 0.717) is 18.0 Å². The first kappa shape index (κ1) is 14.4. The third-order valence-electron chi connectivity index (χ3n) is 3.44. The zero-order valence-corrected chi connectivity index (χ0v) is 11.9. The molecule has 3 nitrogen and oxygen atoms in total. The van der Waals surface area contributed by atoms with E-state index in [1.54, 1.807) is 6.07 Å². The fourth-order valence-corrected chi connectivity index (χ4v) is 2.34. The number of hydrogen-bond donors (Lipinski definition) is 3. The normalized spacial score (nSPS) is 12.6. The summed E-state index contributed by atoms with van der Waals surface area (Å²) in [5.74, 6) is 0.303. The maximum absolute atomic E-state index is 9.83. The Bertz CT molecular complexity index is 552.